The Bertz CT molecular complexity index is 1330. The molecule has 3 heterocycles. The zero-order valence-corrected chi connectivity index (χ0v) is 15.8. The molecule has 3 aromatic heterocycles. The molecule has 30 heavy (non-hydrogen) atoms. The number of carbonyl (C=O) groups is 1. The van der Waals surface area contributed by atoms with Gasteiger partial charge in [-0.05, 0) is 48.6 Å². The fraction of sp³-hybridized carbons (Fsp3) is 0.0435. The van der Waals surface area contributed by atoms with Crippen LogP contribution in [-0.2, 0) is 6.54 Å². The van der Waals surface area contributed by atoms with Crippen molar-refractivity contribution in [3.63, 3.8) is 0 Å². The molecule has 0 aliphatic heterocycles. The third kappa shape index (κ3) is 3.44. The number of hydrogen-bond donors (Lipinski definition) is 0. The molecule has 0 unspecified atom stereocenters. The molecule has 0 aliphatic carbocycles. The molecular formula is C23H16N4O3. The van der Waals surface area contributed by atoms with Crippen LogP contribution >= 0.6 is 0 Å². The predicted octanol–water partition coefficient (Wildman–Crippen LogP) is 4.62. The minimum absolute atomic E-state index is 0.232. The lowest BCUT2D eigenvalue weighted by molar-refractivity contribution is 0.103. The van der Waals surface area contributed by atoms with Crippen molar-refractivity contribution in [2.24, 2.45) is 0 Å². The molecule has 7 nitrogen and oxygen atoms in total. The van der Waals surface area contributed by atoms with Gasteiger partial charge < -0.3 is 13.4 Å². The van der Waals surface area contributed by atoms with Crippen molar-refractivity contribution in [3.05, 3.63) is 96.5 Å². The molecule has 0 N–H and O–H groups in total. The summed E-state index contributed by atoms with van der Waals surface area (Å²) in [7, 11) is 0. The smallest absolute Gasteiger partial charge is 0.247 e. The Morgan fingerprint density at radius 3 is 2.63 bits per heavy atom. The standard InChI is InChI=1S/C23H16N4O3/c28-20(13-12-17-9-6-14-29-17)22-24-18-10-4-5-11-19(18)27(22)15-21-25-26-23(30-21)16-7-2-1-3-8-16/h1-14H,15H2. The lowest BCUT2D eigenvalue weighted by Crippen LogP contribution is -2.10. The van der Waals surface area contributed by atoms with Gasteiger partial charge in [-0.3, -0.25) is 4.79 Å². The van der Waals surface area contributed by atoms with Gasteiger partial charge >= 0.3 is 0 Å². The summed E-state index contributed by atoms with van der Waals surface area (Å²) in [5.41, 5.74) is 2.37. The summed E-state index contributed by atoms with van der Waals surface area (Å²) in [4.78, 5) is 17.4. The molecule has 146 valence electrons. The Balaban J connectivity index is 1.50. The number of aromatic nitrogens is 4. The number of para-hydroxylation sites is 2. The van der Waals surface area contributed by atoms with Crippen molar-refractivity contribution in [2.75, 3.05) is 0 Å². The molecule has 0 saturated heterocycles. The van der Waals surface area contributed by atoms with Crippen molar-refractivity contribution in [1.82, 2.24) is 19.7 Å². The number of carbonyl (C=O) groups excluding carboxylic acids is 1. The van der Waals surface area contributed by atoms with Crippen LogP contribution in [0.1, 0.15) is 22.3 Å². The van der Waals surface area contributed by atoms with Crippen molar-refractivity contribution in [1.29, 1.82) is 0 Å². The van der Waals surface area contributed by atoms with E-state index in [2.05, 4.69) is 15.2 Å². The van der Waals surface area contributed by atoms with Gasteiger partial charge in [0.1, 0.15) is 12.3 Å². The van der Waals surface area contributed by atoms with Gasteiger partial charge in [0.25, 0.3) is 0 Å². The molecule has 5 rings (SSSR count). The van der Waals surface area contributed by atoms with E-state index in [0.29, 0.717) is 23.4 Å². The Kier molecular flexibility index (Phi) is 4.53. The Morgan fingerprint density at radius 2 is 1.80 bits per heavy atom. The molecule has 5 aromatic rings. The van der Waals surface area contributed by atoms with Gasteiger partial charge in [-0.1, -0.05) is 30.3 Å². The lowest BCUT2D eigenvalue weighted by atomic mass is 10.2. The molecule has 0 amide bonds. The van der Waals surface area contributed by atoms with Crippen LogP contribution in [0.5, 0.6) is 0 Å². The summed E-state index contributed by atoms with van der Waals surface area (Å²) in [6, 6.07) is 20.6. The highest BCUT2D eigenvalue weighted by Gasteiger charge is 2.18. The number of ketones is 1. The molecule has 0 saturated carbocycles. The molecular weight excluding hydrogens is 380 g/mol. The van der Waals surface area contributed by atoms with Gasteiger partial charge in [-0.2, -0.15) is 0 Å². The molecule has 7 heteroatoms. The summed E-state index contributed by atoms with van der Waals surface area (Å²) >= 11 is 0. The van der Waals surface area contributed by atoms with E-state index in [1.54, 1.807) is 29.0 Å². The van der Waals surface area contributed by atoms with Crippen LogP contribution in [0.25, 0.3) is 28.6 Å². The highest BCUT2D eigenvalue weighted by molar-refractivity contribution is 6.06. The van der Waals surface area contributed by atoms with E-state index >= 15 is 0 Å². The topological polar surface area (TPSA) is 87.0 Å². The lowest BCUT2D eigenvalue weighted by Gasteiger charge is -2.04. The first-order valence-corrected chi connectivity index (χ1v) is 9.37. The largest absolute Gasteiger partial charge is 0.465 e. The number of imidazole rings is 1. The maximum absolute atomic E-state index is 12.9. The van der Waals surface area contributed by atoms with Crippen molar-refractivity contribution in [3.8, 4) is 11.5 Å². The molecule has 0 fully saturated rings. The number of fused-ring (bicyclic) bond motifs is 1. The normalized spacial score (nSPS) is 11.5. The number of benzene rings is 2. The maximum Gasteiger partial charge on any atom is 0.247 e. The van der Waals surface area contributed by atoms with Gasteiger partial charge in [0.05, 0.1) is 17.3 Å². The zero-order valence-electron chi connectivity index (χ0n) is 15.8. The Labute approximate surface area is 171 Å². The molecule has 0 bridgehead atoms. The van der Waals surface area contributed by atoms with Crippen LogP contribution in [0.15, 0.2) is 87.9 Å². The first kappa shape index (κ1) is 17.8. The summed E-state index contributed by atoms with van der Waals surface area (Å²) in [6.45, 7) is 0.232. The van der Waals surface area contributed by atoms with E-state index in [4.69, 9.17) is 8.83 Å². The second-order valence-electron chi connectivity index (χ2n) is 6.59. The second kappa shape index (κ2) is 7.63. The average molecular weight is 396 g/mol. The third-order valence-electron chi connectivity index (χ3n) is 4.60. The van der Waals surface area contributed by atoms with E-state index in [9.17, 15) is 4.79 Å². The van der Waals surface area contributed by atoms with Gasteiger partial charge in [0.15, 0.2) is 5.82 Å². The SMILES string of the molecule is O=C(C=Cc1ccco1)c1nc2ccccc2n1Cc1nnc(-c2ccccc2)o1. The summed E-state index contributed by atoms with van der Waals surface area (Å²) < 4.78 is 12.9. The third-order valence-corrected chi connectivity index (χ3v) is 4.60. The number of nitrogens with zero attached hydrogens (tertiary/aromatic N) is 4. The molecule has 0 atom stereocenters. The summed E-state index contributed by atoms with van der Waals surface area (Å²) in [5.74, 6) is 1.46. The number of allylic oxidation sites excluding steroid dienone is 1. The average Bonchev–Trinajstić information content (AvgIpc) is 3.54. The number of hydrogen-bond acceptors (Lipinski definition) is 6. The van der Waals surface area contributed by atoms with Crippen LogP contribution in [0.3, 0.4) is 0 Å². The van der Waals surface area contributed by atoms with Gasteiger partial charge in [-0.25, -0.2) is 4.98 Å². The fourth-order valence-electron chi connectivity index (χ4n) is 3.19. The molecule has 0 spiro atoms. The number of rotatable bonds is 6. The van der Waals surface area contributed by atoms with E-state index in [0.717, 1.165) is 16.6 Å². The van der Waals surface area contributed by atoms with E-state index in [1.165, 1.54) is 6.08 Å². The van der Waals surface area contributed by atoms with E-state index in [1.807, 2.05) is 54.6 Å². The van der Waals surface area contributed by atoms with Gasteiger partial charge in [0, 0.05) is 5.56 Å². The number of furan rings is 1. The van der Waals surface area contributed by atoms with Crippen molar-refractivity contribution in [2.45, 2.75) is 6.54 Å². The maximum atomic E-state index is 12.9. The quantitative estimate of drug-likeness (QED) is 0.307. The molecule has 0 aliphatic rings. The summed E-state index contributed by atoms with van der Waals surface area (Å²) in [5, 5.41) is 8.28. The predicted molar refractivity (Wildman–Crippen MR) is 111 cm³/mol. The highest BCUT2D eigenvalue weighted by Crippen LogP contribution is 2.21. The zero-order chi connectivity index (χ0) is 20.3. The van der Waals surface area contributed by atoms with E-state index < -0.39 is 0 Å². The van der Waals surface area contributed by atoms with E-state index in [-0.39, 0.29) is 12.3 Å². The monoisotopic (exact) mass is 396 g/mol. The van der Waals surface area contributed by atoms with Crippen LogP contribution in [-0.4, -0.2) is 25.5 Å². The Hall–Kier alpha value is -4.26. The Morgan fingerprint density at radius 1 is 0.967 bits per heavy atom. The minimum atomic E-state index is -0.245. The van der Waals surface area contributed by atoms with Crippen molar-refractivity contribution < 1.29 is 13.6 Å². The van der Waals surface area contributed by atoms with Crippen LogP contribution in [0.4, 0.5) is 0 Å². The first-order chi connectivity index (χ1) is 14.8. The highest BCUT2D eigenvalue weighted by atomic mass is 16.4. The van der Waals surface area contributed by atoms with Gasteiger partial charge in [-0.15, -0.1) is 10.2 Å². The molecule has 0 radical (unpaired) electrons. The van der Waals surface area contributed by atoms with Crippen LogP contribution < -0.4 is 0 Å². The fourth-order valence-corrected chi connectivity index (χ4v) is 3.19. The second-order valence-corrected chi connectivity index (χ2v) is 6.59. The first-order valence-electron chi connectivity index (χ1n) is 9.37. The minimum Gasteiger partial charge on any atom is -0.465 e. The van der Waals surface area contributed by atoms with Crippen molar-refractivity contribution >= 4 is 22.9 Å². The summed E-state index contributed by atoms with van der Waals surface area (Å²) in [6.07, 6.45) is 4.62. The van der Waals surface area contributed by atoms with Crippen LogP contribution in [0.2, 0.25) is 0 Å². The van der Waals surface area contributed by atoms with Crippen LogP contribution in [0, 0.1) is 0 Å². The van der Waals surface area contributed by atoms with Gasteiger partial charge in [0.2, 0.25) is 17.6 Å². The molecule has 2 aromatic carbocycles.